The van der Waals surface area contributed by atoms with E-state index in [-0.39, 0.29) is 28.9 Å². The van der Waals surface area contributed by atoms with E-state index in [1.807, 2.05) is 12.1 Å². The van der Waals surface area contributed by atoms with E-state index in [1.54, 1.807) is 42.5 Å². The molecule has 0 unspecified atom stereocenters. The van der Waals surface area contributed by atoms with Gasteiger partial charge in [0, 0.05) is 35.4 Å². The number of hydrogen-bond donors (Lipinski definition) is 1. The summed E-state index contributed by atoms with van der Waals surface area (Å²) < 4.78 is 16.6. The molecule has 1 N–H and O–H groups in total. The van der Waals surface area contributed by atoms with E-state index in [0.717, 1.165) is 17.7 Å². The van der Waals surface area contributed by atoms with Gasteiger partial charge in [0.1, 0.15) is 17.3 Å². The van der Waals surface area contributed by atoms with Crippen LogP contribution in [0.5, 0.6) is 11.5 Å². The lowest BCUT2D eigenvalue weighted by atomic mass is 9.78. The van der Waals surface area contributed by atoms with E-state index < -0.39 is 23.5 Å². The van der Waals surface area contributed by atoms with Crippen LogP contribution in [0.2, 0.25) is 0 Å². The SMILES string of the molecule is COC(=O)C[C@H](C1=C(O)c2ccccc2C(=O)C1=O)c1ccccc1OCCc1ccc2c(c1)CCO2. The van der Waals surface area contributed by atoms with Crippen molar-refractivity contribution >= 4 is 23.3 Å². The first-order valence-electron chi connectivity index (χ1n) is 12.1. The van der Waals surface area contributed by atoms with E-state index in [0.29, 0.717) is 30.9 Å². The highest BCUT2D eigenvalue weighted by Crippen LogP contribution is 2.41. The molecule has 0 amide bonds. The minimum atomic E-state index is -0.939. The molecule has 1 aliphatic heterocycles. The van der Waals surface area contributed by atoms with Gasteiger partial charge in [-0.05, 0) is 23.3 Å². The molecule has 0 spiro atoms. The molecule has 7 heteroatoms. The Morgan fingerprint density at radius 2 is 1.76 bits per heavy atom. The van der Waals surface area contributed by atoms with Gasteiger partial charge in [-0.3, -0.25) is 14.4 Å². The highest BCUT2D eigenvalue weighted by molar-refractivity contribution is 6.52. The normalized spacial score (nSPS) is 15.1. The van der Waals surface area contributed by atoms with Gasteiger partial charge in [0.25, 0.3) is 0 Å². The number of methoxy groups -OCH3 is 1. The van der Waals surface area contributed by atoms with Crippen molar-refractivity contribution in [3.05, 3.63) is 100 Å². The number of fused-ring (bicyclic) bond motifs is 2. The minimum Gasteiger partial charge on any atom is -0.507 e. The van der Waals surface area contributed by atoms with Crippen molar-refractivity contribution < 1.29 is 33.7 Å². The summed E-state index contributed by atoms with van der Waals surface area (Å²) in [6.07, 6.45) is 1.28. The lowest BCUT2D eigenvalue weighted by Crippen LogP contribution is -2.28. The van der Waals surface area contributed by atoms with Crippen LogP contribution in [0.3, 0.4) is 0 Å². The highest BCUT2D eigenvalue weighted by Gasteiger charge is 2.39. The zero-order valence-electron chi connectivity index (χ0n) is 20.4. The van der Waals surface area contributed by atoms with Crippen molar-refractivity contribution in [3.63, 3.8) is 0 Å². The topological polar surface area (TPSA) is 99.1 Å². The fourth-order valence-corrected chi connectivity index (χ4v) is 4.90. The Labute approximate surface area is 214 Å². The van der Waals surface area contributed by atoms with Gasteiger partial charge in [0.15, 0.2) is 0 Å². The summed E-state index contributed by atoms with van der Waals surface area (Å²) in [6, 6.07) is 19.5. The number of Topliss-reactive ketones (excluding diaryl/α,β-unsaturated/α-hetero) is 2. The quantitative estimate of drug-likeness (QED) is 0.357. The van der Waals surface area contributed by atoms with Crippen molar-refractivity contribution in [2.75, 3.05) is 20.3 Å². The van der Waals surface area contributed by atoms with Gasteiger partial charge in [0.2, 0.25) is 11.6 Å². The Kier molecular flexibility index (Phi) is 6.77. The molecule has 1 atom stereocenters. The smallest absolute Gasteiger partial charge is 0.306 e. The number of benzene rings is 3. The molecule has 188 valence electrons. The van der Waals surface area contributed by atoms with Crippen LogP contribution in [0.4, 0.5) is 0 Å². The van der Waals surface area contributed by atoms with Crippen molar-refractivity contribution in [1.82, 2.24) is 0 Å². The Morgan fingerprint density at radius 1 is 1.00 bits per heavy atom. The Bertz CT molecular complexity index is 1420. The molecule has 3 aromatic carbocycles. The molecule has 2 aliphatic rings. The minimum absolute atomic E-state index is 0.134. The van der Waals surface area contributed by atoms with Crippen LogP contribution < -0.4 is 9.47 Å². The molecular formula is C30H26O7. The fourth-order valence-electron chi connectivity index (χ4n) is 4.90. The average Bonchev–Trinajstić information content (AvgIpc) is 3.39. The molecule has 0 fully saturated rings. The number of rotatable bonds is 8. The zero-order chi connectivity index (χ0) is 25.9. The van der Waals surface area contributed by atoms with Gasteiger partial charge in [-0.25, -0.2) is 0 Å². The van der Waals surface area contributed by atoms with Crippen LogP contribution in [-0.4, -0.2) is 43.0 Å². The molecular weight excluding hydrogens is 472 g/mol. The van der Waals surface area contributed by atoms with Crippen LogP contribution in [0.15, 0.2) is 72.3 Å². The van der Waals surface area contributed by atoms with E-state index in [4.69, 9.17) is 14.2 Å². The van der Waals surface area contributed by atoms with E-state index in [1.165, 1.54) is 18.7 Å². The zero-order valence-corrected chi connectivity index (χ0v) is 20.4. The first-order valence-corrected chi connectivity index (χ1v) is 12.1. The van der Waals surface area contributed by atoms with E-state index >= 15 is 0 Å². The number of esters is 1. The molecule has 37 heavy (non-hydrogen) atoms. The predicted octanol–water partition coefficient (Wildman–Crippen LogP) is 4.62. The van der Waals surface area contributed by atoms with Crippen molar-refractivity contribution in [2.24, 2.45) is 0 Å². The predicted molar refractivity (Wildman–Crippen MR) is 136 cm³/mol. The van der Waals surface area contributed by atoms with Gasteiger partial charge in [-0.2, -0.15) is 0 Å². The van der Waals surface area contributed by atoms with Gasteiger partial charge in [0.05, 0.1) is 32.3 Å². The van der Waals surface area contributed by atoms with Crippen molar-refractivity contribution in [2.45, 2.75) is 25.2 Å². The molecule has 0 saturated heterocycles. The number of hydrogen-bond acceptors (Lipinski definition) is 7. The monoisotopic (exact) mass is 498 g/mol. The van der Waals surface area contributed by atoms with Gasteiger partial charge in [-0.1, -0.05) is 54.6 Å². The molecule has 7 nitrogen and oxygen atoms in total. The summed E-state index contributed by atoms with van der Waals surface area (Å²) in [4.78, 5) is 38.5. The molecule has 0 radical (unpaired) electrons. The molecule has 1 heterocycles. The van der Waals surface area contributed by atoms with E-state index in [9.17, 15) is 19.5 Å². The number of ether oxygens (including phenoxy) is 3. The lowest BCUT2D eigenvalue weighted by Gasteiger charge is -2.26. The summed E-state index contributed by atoms with van der Waals surface area (Å²) in [6.45, 7) is 1.04. The maximum atomic E-state index is 13.2. The van der Waals surface area contributed by atoms with Crippen LogP contribution >= 0.6 is 0 Å². The lowest BCUT2D eigenvalue weighted by molar-refractivity contribution is -0.140. The fraction of sp³-hybridized carbons (Fsp3) is 0.233. The van der Waals surface area contributed by atoms with Crippen molar-refractivity contribution in [1.29, 1.82) is 0 Å². The van der Waals surface area contributed by atoms with Crippen LogP contribution in [0.25, 0.3) is 5.76 Å². The van der Waals surface area contributed by atoms with Gasteiger partial charge < -0.3 is 19.3 Å². The summed E-state index contributed by atoms with van der Waals surface area (Å²) in [5.41, 5.74) is 3.06. The number of carbonyl (C=O) groups excluding carboxylic acids is 3. The molecule has 5 rings (SSSR count). The third kappa shape index (κ3) is 4.72. The largest absolute Gasteiger partial charge is 0.507 e. The van der Waals surface area contributed by atoms with Crippen LogP contribution in [0, 0.1) is 0 Å². The second kappa shape index (κ2) is 10.3. The first-order chi connectivity index (χ1) is 18.0. The standard InChI is InChI=1S/C30H26O7/c1-35-26(31)17-23(27-28(32)21-7-2-3-8-22(21)29(33)30(27)34)20-6-4-5-9-25(20)37-14-12-18-10-11-24-19(16-18)13-15-36-24/h2-11,16,23,32H,12-15,17H2,1H3/t23-/m0/s1. The highest BCUT2D eigenvalue weighted by atomic mass is 16.5. The number of para-hydroxylation sites is 1. The second-order valence-corrected chi connectivity index (χ2v) is 8.98. The van der Waals surface area contributed by atoms with E-state index in [2.05, 4.69) is 6.07 Å². The first kappa shape index (κ1) is 24.3. The number of aliphatic hydroxyl groups is 1. The van der Waals surface area contributed by atoms with Crippen LogP contribution in [0.1, 0.15) is 45.0 Å². The molecule has 1 aliphatic carbocycles. The molecule has 0 bridgehead atoms. The Balaban J connectivity index is 1.47. The molecule has 0 aromatic heterocycles. The number of allylic oxidation sites excluding steroid dienone is 1. The molecule has 0 saturated carbocycles. The number of carbonyl (C=O) groups is 3. The van der Waals surface area contributed by atoms with Crippen LogP contribution in [-0.2, 0) is 27.2 Å². The Hall–Kier alpha value is -4.39. The number of aliphatic hydroxyl groups excluding tert-OH is 1. The maximum absolute atomic E-state index is 13.2. The third-order valence-corrected chi connectivity index (χ3v) is 6.78. The summed E-state index contributed by atoms with van der Waals surface area (Å²) in [7, 11) is 1.25. The second-order valence-electron chi connectivity index (χ2n) is 8.98. The van der Waals surface area contributed by atoms with Gasteiger partial charge in [-0.15, -0.1) is 0 Å². The Morgan fingerprint density at radius 3 is 2.57 bits per heavy atom. The average molecular weight is 499 g/mol. The number of ketones is 2. The summed E-state index contributed by atoms with van der Waals surface area (Å²) in [5.74, 6) is -2.03. The molecule has 3 aromatic rings. The summed E-state index contributed by atoms with van der Waals surface area (Å²) in [5, 5.41) is 11.1. The van der Waals surface area contributed by atoms with Crippen molar-refractivity contribution in [3.8, 4) is 11.5 Å². The van der Waals surface area contributed by atoms with Gasteiger partial charge >= 0.3 is 5.97 Å². The maximum Gasteiger partial charge on any atom is 0.306 e. The third-order valence-electron chi connectivity index (χ3n) is 6.78. The summed E-state index contributed by atoms with van der Waals surface area (Å²) >= 11 is 0.